The molecule has 0 aliphatic heterocycles. The fourth-order valence-electron chi connectivity index (χ4n) is 1.09. The molecule has 8 heteroatoms. The zero-order valence-corrected chi connectivity index (χ0v) is 14.4. The predicted molar refractivity (Wildman–Crippen MR) is 77.4 cm³/mol. The first kappa shape index (κ1) is 18.9. The largest absolute Gasteiger partial charge is 0.434 e. The molecule has 118 valence electrons. The van der Waals surface area contributed by atoms with Crippen molar-refractivity contribution in [3.63, 3.8) is 0 Å². The molecule has 2 amide bonds. The fraction of sp³-hybridized carbons (Fsp3) is 0.833. The van der Waals surface area contributed by atoms with Gasteiger partial charge in [0.15, 0.2) is 8.32 Å². The number of carbonyl (C=O) groups excluding carboxylic acids is 2. The molecule has 0 fully saturated rings. The second-order valence-corrected chi connectivity index (χ2v) is 10.8. The van der Waals surface area contributed by atoms with Crippen molar-refractivity contribution in [1.29, 1.82) is 0 Å². The Morgan fingerprint density at radius 2 is 1.80 bits per heavy atom. The van der Waals surface area contributed by atoms with Gasteiger partial charge < -0.3 is 14.9 Å². The van der Waals surface area contributed by atoms with E-state index >= 15 is 0 Å². The average Bonchev–Trinajstić information content (AvgIpc) is 2.30. The third kappa shape index (κ3) is 5.47. The van der Waals surface area contributed by atoms with Gasteiger partial charge in [0.25, 0.3) is 5.91 Å². The van der Waals surface area contributed by atoms with Crippen LogP contribution >= 0.6 is 0 Å². The van der Waals surface area contributed by atoms with Gasteiger partial charge in [-0.2, -0.15) is 0 Å². The van der Waals surface area contributed by atoms with Crippen LogP contribution in [-0.2, 0) is 18.8 Å². The van der Waals surface area contributed by atoms with E-state index in [-0.39, 0.29) is 11.6 Å². The summed E-state index contributed by atoms with van der Waals surface area (Å²) in [6.45, 7) is 10.3. The van der Waals surface area contributed by atoms with E-state index in [0.717, 1.165) is 5.06 Å². The van der Waals surface area contributed by atoms with E-state index < -0.39 is 26.4 Å². The molecule has 0 aliphatic carbocycles. The number of carbonyl (C=O) groups is 2. The number of nitrogens with zero attached hydrogens (tertiary/aromatic N) is 1. The first-order valence-electron chi connectivity index (χ1n) is 6.34. The van der Waals surface area contributed by atoms with Crippen molar-refractivity contribution in [2.45, 2.75) is 45.0 Å². The second-order valence-electron chi connectivity index (χ2n) is 6.02. The minimum Gasteiger partial charge on any atom is -0.434 e. The lowest BCUT2D eigenvalue weighted by Gasteiger charge is -2.37. The van der Waals surface area contributed by atoms with E-state index in [4.69, 9.17) is 19.7 Å². The van der Waals surface area contributed by atoms with E-state index in [9.17, 15) is 9.59 Å². The summed E-state index contributed by atoms with van der Waals surface area (Å²) in [6.07, 6.45) is -2.13. The van der Waals surface area contributed by atoms with Gasteiger partial charge in [-0.1, -0.05) is 20.8 Å². The number of likely N-dealkylation sites (N-methyl/N-ethyl adjacent to an activating group) is 1. The molecule has 2 N–H and O–H groups in total. The maximum Gasteiger partial charge on any atom is 0.405 e. The number of hydroxylamine groups is 2. The highest BCUT2D eigenvalue weighted by Gasteiger charge is 2.39. The molecule has 0 bridgehead atoms. The smallest absolute Gasteiger partial charge is 0.405 e. The summed E-state index contributed by atoms with van der Waals surface area (Å²) in [6, 6.07) is 0. The molecule has 7 nitrogen and oxygen atoms in total. The van der Waals surface area contributed by atoms with E-state index in [2.05, 4.69) is 20.8 Å². The van der Waals surface area contributed by atoms with E-state index in [1.807, 2.05) is 13.1 Å². The number of nitrogens with two attached hydrogens (primary N) is 1. The molecule has 20 heavy (non-hydrogen) atoms. The van der Waals surface area contributed by atoms with Gasteiger partial charge in [-0.25, -0.2) is 9.86 Å². The topological polar surface area (TPSA) is 91.1 Å². The van der Waals surface area contributed by atoms with Crippen molar-refractivity contribution in [1.82, 2.24) is 5.06 Å². The molecule has 0 aromatic carbocycles. The summed E-state index contributed by atoms with van der Waals surface area (Å²) >= 11 is 0. The Labute approximate surface area is 121 Å². The summed E-state index contributed by atoms with van der Waals surface area (Å²) < 4.78 is 10.7. The minimum atomic E-state index is -2.05. The Morgan fingerprint density at radius 3 is 2.15 bits per heavy atom. The standard InChI is InChI=1S/C12H26N2O5Si/c1-12(2,3)20(6,7)18-8-9(19-11(13)16)10(15)14(4)17-5/h9H,8H2,1-7H3,(H2,13,16). The zero-order chi connectivity index (χ0) is 16.1. The molecule has 0 spiro atoms. The highest BCUT2D eigenvalue weighted by Crippen LogP contribution is 2.36. The summed E-state index contributed by atoms with van der Waals surface area (Å²) in [5, 5.41) is 0.961. The molecule has 0 aromatic heterocycles. The minimum absolute atomic E-state index is 0.0134. The molecule has 0 saturated carbocycles. The molecule has 0 radical (unpaired) electrons. The Kier molecular flexibility index (Phi) is 6.65. The van der Waals surface area contributed by atoms with Crippen LogP contribution in [0.2, 0.25) is 18.1 Å². The number of hydrogen-bond donors (Lipinski definition) is 1. The van der Waals surface area contributed by atoms with Gasteiger partial charge in [-0.05, 0) is 18.1 Å². The van der Waals surface area contributed by atoms with Gasteiger partial charge in [-0.3, -0.25) is 9.63 Å². The predicted octanol–water partition coefficient (Wildman–Crippen LogP) is 1.49. The average molecular weight is 306 g/mol. The number of ether oxygens (including phenoxy) is 1. The molecular weight excluding hydrogens is 280 g/mol. The van der Waals surface area contributed by atoms with Gasteiger partial charge in [0.05, 0.1) is 13.7 Å². The van der Waals surface area contributed by atoms with Crippen LogP contribution in [0.25, 0.3) is 0 Å². The molecule has 0 rings (SSSR count). The lowest BCUT2D eigenvalue weighted by molar-refractivity contribution is -0.179. The molecular formula is C12H26N2O5Si. The second kappa shape index (κ2) is 7.05. The Balaban J connectivity index is 4.84. The van der Waals surface area contributed by atoms with Crippen molar-refractivity contribution >= 4 is 20.3 Å². The van der Waals surface area contributed by atoms with Gasteiger partial charge in [0.1, 0.15) is 0 Å². The molecule has 1 atom stereocenters. The first-order valence-corrected chi connectivity index (χ1v) is 9.25. The van der Waals surface area contributed by atoms with Crippen LogP contribution in [0.15, 0.2) is 0 Å². The molecule has 0 saturated heterocycles. The lowest BCUT2D eigenvalue weighted by atomic mass is 10.2. The summed E-state index contributed by atoms with van der Waals surface area (Å²) in [5.74, 6) is -0.523. The van der Waals surface area contributed by atoms with E-state index in [1.165, 1.54) is 14.2 Å². The number of primary amides is 1. The summed E-state index contributed by atoms with van der Waals surface area (Å²) in [4.78, 5) is 27.7. The number of amides is 2. The number of hydrogen-bond acceptors (Lipinski definition) is 5. The van der Waals surface area contributed by atoms with Crippen LogP contribution in [0.5, 0.6) is 0 Å². The van der Waals surface area contributed by atoms with Crippen molar-refractivity contribution in [2.75, 3.05) is 20.8 Å². The summed E-state index contributed by atoms with van der Waals surface area (Å²) in [5.41, 5.74) is 4.98. The van der Waals surface area contributed by atoms with Crippen LogP contribution in [0.3, 0.4) is 0 Å². The maximum atomic E-state index is 12.0. The normalized spacial score (nSPS) is 13.8. The lowest BCUT2D eigenvalue weighted by Crippen LogP contribution is -2.47. The maximum absolute atomic E-state index is 12.0. The van der Waals surface area contributed by atoms with Crippen molar-refractivity contribution in [3.05, 3.63) is 0 Å². The van der Waals surface area contributed by atoms with Crippen molar-refractivity contribution in [3.8, 4) is 0 Å². The SMILES string of the molecule is CON(C)C(=O)C(CO[Si](C)(C)C(C)(C)C)OC(N)=O. The highest BCUT2D eigenvalue weighted by atomic mass is 28.4. The van der Waals surface area contributed by atoms with Gasteiger partial charge >= 0.3 is 6.09 Å². The molecule has 0 heterocycles. The molecule has 0 aromatic rings. The van der Waals surface area contributed by atoms with Gasteiger partial charge in [0, 0.05) is 7.05 Å². The van der Waals surface area contributed by atoms with E-state index in [0.29, 0.717) is 0 Å². The third-order valence-electron chi connectivity index (χ3n) is 3.52. The molecule has 0 aliphatic rings. The van der Waals surface area contributed by atoms with Gasteiger partial charge in [0.2, 0.25) is 6.10 Å². The highest BCUT2D eigenvalue weighted by molar-refractivity contribution is 6.74. The molecule has 1 unspecified atom stereocenters. The monoisotopic (exact) mass is 306 g/mol. The summed E-state index contributed by atoms with van der Waals surface area (Å²) in [7, 11) is 0.711. The van der Waals surface area contributed by atoms with Crippen LogP contribution in [0, 0.1) is 0 Å². The quantitative estimate of drug-likeness (QED) is 0.593. The fourth-order valence-corrected chi connectivity index (χ4v) is 2.09. The van der Waals surface area contributed by atoms with Crippen LogP contribution < -0.4 is 5.73 Å². The Morgan fingerprint density at radius 1 is 1.30 bits per heavy atom. The first-order chi connectivity index (χ1) is 8.92. The van der Waals surface area contributed by atoms with E-state index in [1.54, 1.807) is 0 Å². The van der Waals surface area contributed by atoms with Crippen molar-refractivity contribution in [2.24, 2.45) is 5.73 Å². The third-order valence-corrected chi connectivity index (χ3v) is 8.02. The zero-order valence-electron chi connectivity index (χ0n) is 13.4. The van der Waals surface area contributed by atoms with Crippen LogP contribution in [0.1, 0.15) is 20.8 Å². The van der Waals surface area contributed by atoms with Crippen LogP contribution in [0.4, 0.5) is 4.79 Å². The number of rotatable bonds is 6. The van der Waals surface area contributed by atoms with Gasteiger partial charge in [-0.15, -0.1) is 0 Å². The Hall–Kier alpha value is -1.12. The van der Waals surface area contributed by atoms with Crippen molar-refractivity contribution < 1.29 is 23.6 Å². The van der Waals surface area contributed by atoms with Crippen LogP contribution in [-0.4, -0.2) is 52.2 Å². The Bertz CT molecular complexity index is 354.